The van der Waals surface area contributed by atoms with Crippen LogP contribution in [0.5, 0.6) is 5.75 Å². The Morgan fingerprint density at radius 2 is 1.83 bits per heavy atom. The summed E-state index contributed by atoms with van der Waals surface area (Å²) in [6.45, 7) is 5.81. The average molecular weight is 332 g/mol. The molecule has 0 saturated heterocycles. The SMILES string of the molecule is CC[C@@H](NC(=O)[C@@H](C)Oc1ccccc1Cl)c1ccc(C)cc1. The van der Waals surface area contributed by atoms with Gasteiger partial charge in [-0.25, -0.2) is 0 Å². The molecule has 0 bridgehead atoms. The zero-order valence-corrected chi connectivity index (χ0v) is 14.4. The average Bonchev–Trinajstić information content (AvgIpc) is 2.55. The van der Waals surface area contributed by atoms with Gasteiger partial charge in [-0.15, -0.1) is 0 Å². The molecule has 0 radical (unpaired) electrons. The Kier molecular flexibility index (Phi) is 6.05. The Morgan fingerprint density at radius 1 is 1.17 bits per heavy atom. The third-order valence-electron chi connectivity index (χ3n) is 3.71. The minimum atomic E-state index is -0.616. The summed E-state index contributed by atoms with van der Waals surface area (Å²) < 4.78 is 5.66. The van der Waals surface area contributed by atoms with Gasteiger partial charge in [0, 0.05) is 0 Å². The predicted octanol–water partition coefficient (Wildman–Crippen LogP) is 4.68. The van der Waals surface area contributed by atoms with E-state index in [1.165, 1.54) is 5.56 Å². The van der Waals surface area contributed by atoms with E-state index in [1.54, 1.807) is 19.1 Å². The molecule has 0 spiro atoms. The molecule has 3 nitrogen and oxygen atoms in total. The fraction of sp³-hybridized carbons (Fsp3) is 0.316. The Balaban J connectivity index is 2.01. The van der Waals surface area contributed by atoms with Crippen LogP contribution in [0.1, 0.15) is 37.4 Å². The highest BCUT2D eigenvalue weighted by atomic mass is 35.5. The number of nitrogens with one attached hydrogen (secondary N) is 1. The van der Waals surface area contributed by atoms with E-state index < -0.39 is 6.10 Å². The lowest BCUT2D eigenvalue weighted by atomic mass is 10.0. The zero-order valence-electron chi connectivity index (χ0n) is 13.7. The van der Waals surface area contributed by atoms with Crippen LogP contribution in [0.3, 0.4) is 0 Å². The standard InChI is InChI=1S/C19H22ClNO2/c1-4-17(15-11-9-13(2)10-12-15)21-19(22)14(3)23-18-8-6-5-7-16(18)20/h5-12,14,17H,4H2,1-3H3,(H,21,22)/t14-,17-/m1/s1. The van der Waals surface area contributed by atoms with Gasteiger partial charge in [-0.05, 0) is 38.0 Å². The second-order valence-corrected chi connectivity index (χ2v) is 5.98. The lowest BCUT2D eigenvalue weighted by Gasteiger charge is -2.21. The van der Waals surface area contributed by atoms with Crippen LogP contribution in [0.15, 0.2) is 48.5 Å². The summed E-state index contributed by atoms with van der Waals surface area (Å²) in [5.41, 5.74) is 2.29. The van der Waals surface area contributed by atoms with Crippen LogP contribution in [0, 0.1) is 6.92 Å². The summed E-state index contributed by atoms with van der Waals surface area (Å²) in [4.78, 5) is 12.4. The molecular formula is C19H22ClNO2. The Morgan fingerprint density at radius 3 is 2.43 bits per heavy atom. The molecule has 2 aromatic rings. The molecule has 0 fully saturated rings. The predicted molar refractivity (Wildman–Crippen MR) is 93.9 cm³/mol. The summed E-state index contributed by atoms with van der Waals surface area (Å²) in [7, 11) is 0. The number of ether oxygens (including phenoxy) is 1. The van der Waals surface area contributed by atoms with E-state index in [0.717, 1.165) is 12.0 Å². The summed E-state index contributed by atoms with van der Waals surface area (Å²) in [6, 6.07) is 15.3. The highest BCUT2D eigenvalue weighted by Crippen LogP contribution is 2.24. The first kappa shape index (κ1) is 17.4. The third kappa shape index (κ3) is 4.73. The molecule has 0 unspecified atom stereocenters. The molecule has 2 rings (SSSR count). The molecule has 0 aliphatic rings. The van der Waals surface area contributed by atoms with Crippen LogP contribution in [0.4, 0.5) is 0 Å². The molecule has 1 amide bonds. The van der Waals surface area contributed by atoms with E-state index in [2.05, 4.69) is 5.32 Å². The summed E-state index contributed by atoms with van der Waals surface area (Å²) in [6.07, 6.45) is 0.197. The minimum absolute atomic E-state index is 0.0274. The molecule has 0 aromatic heterocycles. The fourth-order valence-electron chi connectivity index (χ4n) is 2.29. The van der Waals surface area contributed by atoms with E-state index in [9.17, 15) is 4.79 Å². The number of carbonyl (C=O) groups is 1. The normalized spacial score (nSPS) is 13.2. The largest absolute Gasteiger partial charge is 0.479 e. The van der Waals surface area contributed by atoms with Crippen molar-refractivity contribution in [1.29, 1.82) is 0 Å². The van der Waals surface area contributed by atoms with Crippen molar-refractivity contribution in [3.63, 3.8) is 0 Å². The van der Waals surface area contributed by atoms with E-state index in [1.807, 2.05) is 50.2 Å². The van der Waals surface area contributed by atoms with Gasteiger partial charge in [0.2, 0.25) is 0 Å². The van der Waals surface area contributed by atoms with E-state index >= 15 is 0 Å². The number of para-hydroxylation sites is 1. The molecule has 0 heterocycles. The van der Waals surface area contributed by atoms with E-state index in [0.29, 0.717) is 10.8 Å². The van der Waals surface area contributed by atoms with Gasteiger partial charge in [-0.3, -0.25) is 4.79 Å². The van der Waals surface area contributed by atoms with Crippen molar-refractivity contribution in [2.75, 3.05) is 0 Å². The number of carbonyl (C=O) groups excluding carboxylic acids is 1. The van der Waals surface area contributed by atoms with Crippen LogP contribution in [-0.4, -0.2) is 12.0 Å². The van der Waals surface area contributed by atoms with Gasteiger partial charge >= 0.3 is 0 Å². The Bertz CT molecular complexity index is 655. The summed E-state index contributed by atoms with van der Waals surface area (Å²) in [5.74, 6) is 0.359. The number of aryl methyl sites for hydroxylation is 1. The van der Waals surface area contributed by atoms with Crippen molar-refractivity contribution < 1.29 is 9.53 Å². The molecular weight excluding hydrogens is 310 g/mol. The fourth-order valence-corrected chi connectivity index (χ4v) is 2.47. The molecule has 23 heavy (non-hydrogen) atoms. The van der Waals surface area contributed by atoms with Gasteiger partial charge in [-0.1, -0.05) is 60.5 Å². The van der Waals surface area contributed by atoms with Gasteiger partial charge in [-0.2, -0.15) is 0 Å². The first-order valence-electron chi connectivity index (χ1n) is 7.79. The maximum absolute atomic E-state index is 12.4. The first-order chi connectivity index (χ1) is 11.0. The summed E-state index contributed by atoms with van der Waals surface area (Å²) >= 11 is 6.06. The third-order valence-corrected chi connectivity index (χ3v) is 4.03. The molecule has 2 atom stereocenters. The van der Waals surface area contributed by atoms with Crippen molar-refractivity contribution in [2.24, 2.45) is 0 Å². The van der Waals surface area contributed by atoms with Crippen molar-refractivity contribution >= 4 is 17.5 Å². The number of rotatable bonds is 6. The van der Waals surface area contributed by atoms with Gasteiger partial charge in [0.1, 0.15) is 5.75 Å². The monoisotopic (exact) mass is 331 g/mol. The van der Waals surface area contributed by atoms with Crippen molar-refractivity contribution in [1.82, 2.24) is 5.32 Å². The quantitative estimate of drug-likeness (QED) is 0.834. The molecule has 0 aliphatic carbocycles. The van der Waals surface area contributed by atoms with E-state index in [-0.39, 0.29) is 11.9 Å². The number of benzene rings is 2. The van der Waals surface area contributed by atoms with Crippen LogP contribution in [0.2, 0.25) is 5.02 Å². The molecule has 0 aliphatic heterocycles. The van der Waals surface area contributed by atoms with Gasteiger partial charge in [0.25, 0.3) is 5.91 Å². The van der Waals surface area contributed by atoms with Crippen LogP contribution >= 0.6 is 11.6 Å². The van der Waals surface area contributed by atoms with Crippen molar-refractivity contribution in [3.8, 4) is 5.75 Å². The number of hydrogen-bond donors (Lipinski definition) is 1. The zero-order chi connectivity index (χ0) is 16.8. The smallest absolute Gasteiger partial charge is 0.261 e. The number of halogens is 1. The van der Waals surface area contributed by atoms with Crippen LogP contribution in [0.25, 0.3) is 0 Å². The van der Waals surface area contributed by atoms with Crippen molar-refractivity contribution in [3.05, 3.63) is 64.7 Å². The highest BCUT2D eigenvalue weighted by Gasteiger charge is 2.20. The first-order valence-corrected chi connectivity index (χ1v) is 8.17. The molecule has 0 saturated carbocycles. The van der Waals surface area contributed by atoms with Gasteiger partial charge in [0.05, 0.1) is 11.1 Å². The maximum atomic E-state index is 12.4. The molecule has 2 aromatic carbocycles. The minimum Gasteiger partial charge on any atom is -0.479 e. The number of hydrogen-bond acceptors (Lipinski definition) is 2. The Hall–Kier alpha value is -2.00. The molecule has 1 N–H and O–H groups in total. The lowest BCUT2D eigenvalue weighted by molar-refractivity contribution is -0.128. The maximum Gasteiger partial charge on any atom is 0.261 e. The molecule has 122 valence electrons. The second-order valence-electron chi connectivity index (χ2n) is 5.57. The van der Waals surface area contributed by atoms with Gasteiger partial charge < -0.3 is 10.1 Å². The summed E-state index contributed by atoms with van der Waals surface area (Å²) in [5, 5.41) is 3.53. The Labute approximate surface area is 142 Å². The topological polar surface area (TPSA) is 38.3 Å². The highest BCUT2D eigenvalue weighted by molar-refractivity contribution is 6.32. The molecule has 4 heteroatoms. The van der Waals surface area contributed by atoms with E-state index in [4.69, 9.17) is 16.3 Å². The van der Waals surface area contributed by atoms with Crippen molar-refractivity contribution in [2.45, 2.75) is 39.3 Å². The number of amides is 1. The van der Waals surface area contributed by atoms with Crippen LogP contribution in [-0.2, 0) is 4.79 Å². The lowest BCUT2D eigenvalue weighted by Crippen LogP contribution is -2.38. The van der Waals surface area contributed by atoms with Crippen LogP contribution < -0.4 is 10.1 Å². The van der Waals surface area contributed by atoms with Gasteiger partial charge in [0.15, 0.2) is 6.10 Å². The second kappa shape index (κ2) is 8.02.